The molecule has 2 rings (SSSR count). The quantitative estimate of drug-likeness (QED) is 0.704. The second-order valence-corrected chi connectivity index (χ2v) is 4.52. The van der Waals surface area contributed by atoms with Crippen LogP contribution in [0.25, 0.3) is 0 Å². The number of hydrogen-bond donors (Lipinski definition) is 3. The molecule has 1 fully saturated rings. The van der Waals surface area contributed by atoms with Gasteiger partial charge in [0.15, 0.2) is 0 Å². The molecule has 1 aromatic heterocycles. The van der Waals surface area contributed by atoms with Crippen LogP contribution in [0.1, 0.15) is 18.6 Å². The number of aliphatic carboxylic acids is 1. The van der Waals surface area contributed by atoms with Crippen LogP contribution >= 0.6 is 0 Å². The van der Waals surface area contributed by atoms with Gasteiger partial charge in [0.05, 0.1) is 11.7 Å². The minimum Gasteiger partial charge on any atom is -0.481 e. The Morgan fingerprint density at radius 1 is 1.39 bits per heavy atom. The Kier molecular flexibility index (Phi) is 3.55. The van der Waals surface area contributed by atoms with Gasteiger partial charge >= 0.3 is 12.0 Å². The van der Waals surface area contributed by atoms with Crippen LogP contribution in [-0.2, 0) is 11.2 Å². The van der Waals surface area contributed by atoms with Gasteiger partial charge in [0.25, 0.3) is 0 Å². The molecule has 0 radical (unpaired) electrons. The molecule has 0 atom stereocenters. The van der Waals surface area contributed by atoms with Gasteiger partial charge in [-0.05, 0) is 25.0 Å². The van der Waals surface area contributed by atoms with E-state index in [0.29, 0.717) is 25.8 Å². The summed E-state index contributed by atoms with van der Waals surface area (Å²) in [6, 6.07) is 3.29. The first-order valence-electron chi connectivity index (χ1n) is 5.90. The van der Waals surface area contributed by atoms with Gasteiger partial charge < -0.3 is 20.2 Å². The van der Waals surface area contributed by atoms with Crippen LogP contribution in [0.3, 0.4) is 0 Å². The molecule has 6 nitrogen and oxygen atoms in total. The molecule has 0 aliphatic heterocycles. The maximum Gasteiger partial charge on any atom is 0.314 e. The van der Waals surface area contributed by atoms with Gasteiger partial charge in [-0.3, -0.25) is 4.79 Å². The van der Waals surface area contributed by atoms with Crippen molar-refractivity contribution in [3.05, 3.63) is 24.2 Å². The number of furan rings is 1. The summed E-state index contributed by atoms with van der Waals surface area (Å²) < 4.78 is 5.12. The third-order valence-corrected chi connectivity index (χ3v) is 3.13. The average molecular weight is 252 g/mol. The number of carbonyl (C=O) groups is 2. The second kappa shape index (κ2) is 5.12. The highest BCUT2D eigenvalue weighted by Crippen LogP contribution is 2.45. The van der Waals surface area contributed by atoms with Crippen molar-refractivity contribution in [2.75, 3.05) is 13.1 Å². The maximum absolute atomic E-state index is 11.4. The van der Waals surface area contributed by atoms with Crippen molar-refractivity contribution in [2.24, 2.45) is 5.41 Å². The monoisotopic (exact) mass is 252 g/mol. The summed E-state index contributed by atoms with van der Waals surface area (Å²) in [5, 5.41) is 14.2. The zero-order chi connectivity index (χ0) is 13.0. The first-order chi connectivity index (χ1) is 8.62. The summed E-state index contributed by atoms with van der Waals surface area (Å²) in [5.41, 5.74) is -0.724. The number of rotatable bonds is 6. The zero-order valence-electron chi connectivity index (χ0n) is 9.94. The summed E-state index contributed by atoms with van der Waals surface area (Å²) in [6.07, 6.45) is 3.47. The topological polar surface area (TPSA) is 91.6 Å². The molecule has 2 amide bonds. The third-order valence-electron chi connectivity index (χ3n) is 3.13. The lowest BCUT2D eigenvalue weighted by atomic mass is 10.1. The third kappa shape index (κ3) is 3.03. The summed E-state index contributed by atoms with van der Waals surface area (Å²) >= 11 is 0. The summed E-state index contributed by atoms with van der Waals surface area (Å²) in [4.78, 5) is 22.3. The molecule has 0 aromatic carbocycles. The van der Waals surface area contributed by atoms with E-state index in [1.54, 1.807) is 12.3 Å². The van der Waals surface area contributed by atoms with Crippen molar-refractivity contribution in [2.45, 2.75) is 19.3 Å². The summed E-state index contributed by atoms with van der Waals surface area (Å²) in [5.74, 6) is -0.0297. The van der Waals surface area contributed by atoms with E-state index in [2.05, 4.69) is 10.6 Å². The normalized spacial score (nSPS) is 16.0. The Morgan fingerprint density at radius 2 is 2.17 bits per heavy atom. The smallest absolute Gasteiger partial charge is 0.314 e. The van der Waals surface area contributed by atoms with Crippen LogP contribution in [-0.4, -0.2) is 30.2 Å². The van der Waals surface area contributed by atoms with Gasteiger partial charge in [-0.25, -0.2) is 4.79 Å². The van der Waals surface area contributed by atoms with E-state index in [1.165, 1.54) is 0 Å². The lowest BCUT2D eigenvalue weighted by Gasteiger charge is -2.11. The maximum atomic E-state index is 11.4. The van der Waals surface area contributed by atoms with Crippen molar-refractivity contribution in [3.8, 4) is 0 Å². The number of hydrogen-bond acceptors (Lipinski definition) is 3. The number of carboxylic acid groups (broad SMARTS) is 1. The van der Waals surface area contributed by atoms with E-state index < -0.39 is 11.4 Å². The molecule has 18 heavy (non-hydrogen) atoms. The average Bonchev–Trinajstić information content (AvgIpc) is 2.97. The minimum atomic E-state index is -0.835. The molecule has 1 aliphatic carbocycles. The Hall–Kier alpha value is -1.98. The fourth-order valence-corrected chi connectivity index (χ4v) is 1.68. The molecule has 3 N–H and O–H groups in total. The van der Waals surface area contributed by atoms with Crippen LogP contribution in [0, 0.1) is 5.41 Å². The summed E-state index contributed by atoms with van der Waals surface area (Å²) in [7, 11) is 0. The van der Waals surface area contributed by atoms with Crippen molar-refractivity contribution in [1.82, 2.24) is 10.6 Å². The largest absolute Gasteiger partial charge is 0.481 e. The first kappa shape index (κ1) is 12.5. The van der Waals surface area contributed by atoms with Gasteiger partial charge in [-0.1, -0.05) is 0 Å². The fourth-order valence-electron chi connectivity index (χ4n) is 1.68. The number of carboxylic acids is 1. The lowest BCUT2D eigenvalue weighted by Crippen LogP contribution is -2.41. The molecule has 1 saturated carbocycles. The molecule has 6 heteroatoms. The van der Waals surface area contributed by atoms with E-state index in [0.717, 1.165) is 5.76 Å². The Morgan fingerprint density at radius 3 is 2.72 bits per heavy atom. The standard InChI is InChI=1S/C12H16N2O4/c15-10(16)12(4-5-12)8-14-11(17)13-6-3-9-2-1-7-18-9/h1-2,7H,3-6,8H2,(H,15,16)(H2,13,14,17). The molecule has 1 heterocycles. The molecule has 0 saturated heterocycles. The van der Waals surface area contributed by atoms with E-state index in [1.807, 2.05) is 6.07 Å². The van der Waals surface area contributed by atoms with Crippen LogP contribution in [0.2, 0.25) is 0 Å². The number of nitrogens with one attached hydrogen (secondary N) is 2. The molecule has 0 unspecified atom stereocenters. The molecular weight excluding hydrogens is 236 g/mol. The van der Waals surface area contributed by atoms with Gasteiger partial charge in [0, 0.05) is 19.5 Å². The highest BCUT2D eigenvalue weighted by molar-refractivity contribution is 5.80. The number of urea groups is 1. The molecule has 0 bridgehead atoms. The van der Waals surface area contributed by atoms with Crippen LogP contribution in [0.5, 0.6) is 0 Å². The SMILES string of the molecule is O=C(NCCc1ccco1)NCC1(C(=O)O)CC1. The van der Waals surface area contributed by atoms with Crippen LogP contribution in [0.15, 0.2) is 22.8 Å². The highest BCUT2D eigenvalue weighted by atomic mass is 16.4. The van der Waals surface area contributed by atoms with Crippen molar-refractivity contribution in [1.29, 1.82) is 0 Å². The van der Waals surface area contributed by atoms with E-state index in [9.17, 15) is 9.59 Å². The fraction of sp³-hybridized carbons (Fsp3) is 0.500. The molecular formula is C12H16N2O4. The van der Waals surface area contributed by atoms with Crippen molar-refractivity contribution >= 4 is 12.0 Å². The molecule has 1 aliphatic rings. The molecule has 1 aromatic rings. The van der Waals surface area contributed by atoms with E-state index in [-0.39, 0.29) is 12.6 Å². The van der Waals surface area contributed by atoms with Crippen LogP contribution in [0.4, 0.5) is 4.79 Å². The second-order valence-electron chi connectivity index (χ2n) is 4.52. The van der Waals surface area contributed by atoms with Gasteiger partial charge in [-0.15, -0.1) is 0 Å². The molecule has 0 spiro atoms. The predicted octanol–water partition coefficient (Wildman–Crippen LogP) is 0.986. The number of amides is 2. The first-order valence-corrected chi connectivity index (χ1v) is 5.90. The predicted molar refractivity (Wildman–Crippen MR) is 63.1 cm³/mol. The van der Waals surface area contributed by atoms with Crippen molar-refractivity contribution < 1.29 is 19.1 Å². The van der Waals surface area contributed by atoms with Crippen molar-refractivity contribution in [3.63, 3.8) is 0 Å². The van der Waals surface area contributed by atoms with E-state index in [4.69, 9.17) is 9.52 Å². The van der Waals surface area contributed by atoms with Gasteiger partial charge in [0.1, 0.15) is 5.76 Å². The Labute approximate surface area is 104 Å². The van der Waals surface area contributed by atoms with Gasteiger partial charge in [-0.2, -0.15) is 0 Å². The number of carbonyl (C=O) groups excluding carboxylic acids is 1. The van der Waals surface area contributed by atoms with E-state index >= 15 is 0 Å². The molecule has 98 valence electrons. The Bertz CT molecular complexity index is 423. The lowest BCUT2D eigenvalue weighted by molar-refractivity contribution is -0.143. The highest BCUT2D eigenvalue weighted by Gasteiger charge is 2.50. The summed E-state index contributed by atoms with van der Waals surface area (Å²) in [6.45, 7) is 0.647. The van der Waals surface area contributed by atoms with Crippen LogP contribution < -0.4 is 10.6 Å². The minimum absolute atomic E-state index is 0.189. The Balaban J connectivity index is 1.62. The van der Waals surface area contributed by atoms with Gasteiger partial charge in [0.2, 0.25) is 0 Å². The zero-order valence-corrected chi connectivity index (χ0v) is 9.94.